The lowest BCUT2D eigenvalue weighted by atomic mass is 9.86. The van der Waals surface area contributed by atoms with Gasteiger partial charge in [0.1, 0.15) is 0 Å². The zero-order valence-electron chi connectivity index (χ0n) is 18.2. The average Bonchev–Trinajstić information content (AvgIpc) is 2.55. The van der Waals surface area contributed by atoms with Crippen LogP contribution in [0.25, 0.3) is 0 Å². The molecule has 0 N–H and O–H groups in total. The summed E-state index contributed by atoms with van der Waals surface area (Å²) in [4.78, 5) is 0. The summed E-state index contributed by atoms with van der Waals surface area (Å²) in [6.07, 6.45) is 19.7. The van der Waals surface area contributed by atoms with Crippen molar-refractivity contribution in [3.05, 3.63) is 0 Å². The molecule has 0 unspecified atom stereocenters. The van der Waals surface area contributed by atoms with Crippen molar-refractivity contribution < 1.29 is 9.47 Å². The zero-order valence-corrected chi connectivity index (χ0v) is 18.2. The Balaban J connectivity index is 3.30. The largest absolute Gasteiger partial charge is 0.384 e. The Kier molecular flexibility index (Phi) is 17.3. The van der Waals surface area contributed by atoms with Crippen molar-refractivity contribution >= 4 is 0 Å². The number of ether oxygens (including phenoxy) is 2. The summed E-state index contributed by atoms with van der Waals surface area (Å²) in [6.45, 7) is 8.55. The van der Waals surface area contributed by atoms with E-state index in [1.807, 2.05) is 0 Å². The van der Waals surface area contributed by atoms with Crippen molar-refractivity contribution in [3.8, 4) is 0 Å². The third-order valence-corrected chi connectivity index (χ3v) is 5.30. The van der Waals surface area contributed by atoms with Gasteiger partial charge in [0, 0.05) is 19.6 Å². The van der Waals surface area contributed by atoms with Gasteiger partial charge in [0.2, 0.25) is 0 Å². The number of hydrogen-bond acceptors (Lipinski definition) is 2. The smallest absolute Gasteiger partial charge is 0.0538 e. The number of methoxy groups -OCH3 is 2. The second kappa shape index (κ2) is 17.3. The predicted octanol–water partition coefficient (Wildman–Crippen LogP) is 7.40. The molecule has 0 rings (SSSR count). The van der Waals surface area contributed by atoms with Crippen molar-refractivity contribution in [1.82, 2.24) is 0 Å². The van der Waals surface area contributed by atoms with E-state index in [1.54, 1.807) is 14.2 Å². The maximum Gasteiger partial charge on any atom is 0.0538 e. The Hall–Kier alpha value is -0.0800. The molecule has 0 aliphatic heterocycles. The van der Waals surface area contributed by atoms with Gasteiger partial charge < -0.3 is 9.47 Å². The van der Waals surface area contributed by atoms with Crippen LogP contribution in [0.4, 0.5) is 0 Å². The van der Waals surface area contributed by atoms with Gasteiger partial charge in [0.05, 0.1) is 13.2 Å². The fourth-order valence-electron chi connectivity index (χ4n) is 3.76. The second-order valence-electron chi connectivity index (χ2n) is 8.85. The fraction of sp³-hybridized carbons (Fsp3) is 1.00. The highest BCUT2D eigenvalue weighted by atomic mass is 16.5. The van der Waals surface area contributed by atoms with Crippen LogP contribution in [0, 0.1) is 11.3 Å². The van der Waals surface area contributed by atoms with Crippen LogP contribution in [0.3, 0.4) is 0 Å². The predicted molar refractivity (Wildman–Crippen MR) is 111 cm³/mol. The van der Waals surface area contributed by atoms with Crippen LogP contribution in [0.15, 0.2) is 0 Å². The minimum absolute atomic E-state index is 0.193. The number of rotatable bonds is 19. The first-order valence-corrected chi connectivity index (χ1v) is 11.0. The van der Waals surface area contributed by atoms with Gasteiger partial charge in [-0.05, 0) is 12.3 Å². The van der Waals surface area contributed by atoms with Crippen LogP contribution in [0.1, 0.15) is 111 Å². The maximum atomic E-state index is 5.35. The summed E-state index contributed by atoms with van der Waals surface area (Å²) < 4.78 is 10.7. The van der Waals surface area contributed by atoms with Crippen molar-refractivity contribution in [2.75, 3.05) is 27.4 Å². The molecule has 0 saturated heterocycles. The van der Waals surface area contributed by atoms with Crippen LogP contribution in [0.5, 0.6) is 0 Å². The van der Waals surface area contributed by atoms with Crippen molar-refractivity contribution in [3.63, 3.8) is 0 Å². The van der Waals surface area contributed by atoms with Crippen molar-refractivity contribution in [2.45, 2.75) is 111 Å². The van der Waals surface area contributed by atoms with E-state index in [4.69, 9.17) is 9.47 Å². The molecule has 0 aliphatic carbocycles. The summed E-state index contributed by atoms with van der Waals surface area (Å²) in [5.41, 5.74) is 0.193. The van der Waals surface area contributed by atoms with Gasteiger partial charge in [-0.15, -0.1) is 0 Å². The molecule has 25 heavy (non-hydrogen) atoms. The molecule has 152 valence electrons. The Labute approximate surface area is 159 Å². The first-order valence-electron chi connectivity index (χ1n) is 11.0. The molecule has 0 bridgehead atoms. The maximum absolute atomic E-state index is 5.35. The third kappa shape index (κ3) is 17.1. The highest BCUT2D eigenvalue weighted by molar-refractivity contribution is 4.73. The minimum Gasteiger partial charge on any atom is -0.384 e. The highest BCUT2D eigenvalue weighted by Gasteiger charge is 2.23. The molecule has 0 aromatic heterocycles. The van der Waals surface area contributed by atoms with Gasteiger partial charge in [-0.1, -0.05) is 104 Å². The molecular weight excluding hydrogens is 308 g/mol. The van der Waals surface area contributed by atoms with Gasteiger partial charge in [0.25, 0.3) is 0 Å². The normalized spacial score (nSPS) is 12.2. The summed E-state index contributed by atoms with van der Waals surface area (Å²) in [5, 5.41) is 0. The van der Waals surface area contributed by atoms with E-state index in [-0.39, 0.29) is 5.41 Å². The molecule has 2 nitrogen and oxygen atoms in total. The average molecular weight is 357 g/mol. The lowest BCUT2D eigenvalue weighted by Crippen LogP contribution is -2.28. The van der Waals surface area contributed by atoms with Crippen LogP contribution in [-0.2, 0) is 9.47 Å². The standard InChI is InChI=1S/C23H48O2/c1-22(2)18-16-14-12-10-8-6-7-9-11-13-15-17-19-23(3,20-24-4)21-25-5/h22H,6-21H2,1-5H3. The first kappa shape index (κ1) is 24.9. The molecule has 0 atom stereocenters. The van der Waals surface area contributed by atoms with Crippen LogP contribution < -0.4 is 0 Å². The molecule has 0 spiro atoms. The summed E-state index contributed by atoms with van der Waals surface area (Å²) in [7, 11) is 3.58. The molecule has 0 aromatic rings. The van der Waals surface area contributed by atoms with Gasteiger partial charge in [-0.25, -0.2) is 0 Å². The fourth-order valence-corrected chi connectivity index (χ4v) is 3.76. The molecule has 0 amide bonds. The molecule has 2 heteroatoms. The second-order valence-corrected chi connectivity index (χ2v) is 8.85. The van der Waals surface area contributed by atoms with E-state index < -0.39 is 0 Å². The van der Waals surface area contributed by atoms with E-state index in [0.717, 1.165) is 19.1 Å². The van der Waals surface area contributed by atoms with Gasteiger partial charge in [0.15, 0.2) is 0 Å². The lowest BCUT2D eigenvalue weighted by molar-refractivity contribution is 0.0151. The summed E-state index contributed by atoms with van der Waals surface area (Å²) >= 11 is 0. The quantitative estimate of drug-likeness (QED) is 0.224. The molecule has 0 heterocycles. The lowest BCUT2D eigenvalue weighted by Gasteiger charge is -2.27. The van der Waals surface area contributed by atoms with Crippen molar-refractivity contribution in [2.24, 2.45) is 11.3 Å². The molecule has 0 aromatic carbocycles. The molecule has 0 fully saturated rings. The van der Waals surface area contributed by atoms with Gasteiger partial charge >= 0.3 is 0 Å². The SMILES string of the molecule is COCC(C)(CCCCCCCCCCCCCCC(C)C)COC. The molecular formula is C23H48O2. The minimum atomic E-state index is 0.193. The highest BCUT2D eigenvalue weighted by Crippen LogP contribution is 2.25. The van der Waals surface area contributed by atoms with Gasteiger partial charge in [-0.3, -0.25) is 0 Å². The monoisotopic (exact) mass is 356 g/mol. The van der Waals surface area contributed by atoms with Crippen LogP contribution in [-0.4, -0.2) is 27.4 Å². The van der Waals surface area contributed by atoms with Crippen molar-refractivity contribution in [1.29, 1.82) is 0 Å². The first-order chi connectivity index (χ1) is 12.0. The van der Waals surface area contributed by atoms with Crippen LogP contribution >= 0.6 is 0 Å². The number of unbranched alkanes of at least 4 members (excludes halogenated alkanes) is 11. The molecule has 0 radical (unpaired) electrons. The van der Waals surface area contributed by atoms with E-state index in [9.17, 15) is 0 Å². The Bertz CT molecular complexity index is 257. The van der Waals surface area contributed by atoms with E-state index in [1.165, 1.54) is 89.9 Å². The third-order valence-electron chi connectivity index (χ3n) is 5.30. The Morgan fingerprint density at radius 3 is 1.32 bits per heavy atom. The molecule has 0 saturated carbocycles. The topological polar surface area (TPSA) is 18.5 Å². The summed E-state index contributed by atoms with van der Waals surface area (Å²) in [5.74, 6) is 0.883. The Morgan fingerprint density at radius 1 is 0.600 bits per heavy atom. The zero-order chi connectivity index (χ0) is 18.8. The van der Waals surface area contributed by atoms with Crippen LogP contribution in [0.2, 0.25) is 0 Å². The van der Waals surface area contributed by atoms with E-state index in [2.05, 4.69) is 20.8 Å². The molecule has 0 aliphatic rings. The Morgan fingerprint density at radius 2 is 0.960 bits per heavy atom. The number of hydrogen-bond donors (Lipinski definition) is 0. The van der Waals surface area contributed by atoms with Gasteiger partial charge in [-0.2, -0.15) is 0 Å². The van der Waals surface area contributed by atoms with E-state index in [0.29, 0.717) is 0 Å². The summed E-state index contributed by atoms with van der Waals surface area (Å²) in [6, 6.07) is 0. The van der Waals surface area contributed by atoms with E-state index >= 15 is 0 Å².